The molecule has 0 amide bonds. The smallest absolute Gasteiger partial charge is 0.192 e. The van der Waals surface area contributed by atoms with Gasteiger partial charge in [0.1, 0.15) is 0 Å². The molecule has 50 valence electrons. The lowest BCUT2D eigenvalue weighted by Crippen LogP contribution is -1.87. The molecule has 0 bridgehead atoms. The summed E-state index contributed by atoms with van der Waals surface area (Å²) in [5.74, 6) is 0.701. The lowest BCUT2D eigenvalue weighted by molar-refractivity contribution is -0.110. The Hall–Kier alpha value is -0.500. The van der Waals surface area contributed by atoms with Gasteiger partial charge in [0.2, 0.25) is 0 Å². The summed E-state index contributed by atoms with van der Waals surface area (Å²) >= 11 is 1.27. The molecule has 0 aliphatic carbocycles. The van der Waals surface area contributed by atoms with Gasteiger partial charge in [0.05, 0.1) is 0 Å². The second-order valence-electron chi connectivity index (χ2n) is 1.46. The molecule has 0 unspecified atom stereocenters. The van der Waals surface area contributed by atoms with Crippen LogP contribution in [-0.2, 0) is 4.79 Å². The highest BCUT2D eigenvalue weighted by Crippen LogP contribution is 2.04. The van der Waals surface area contributed by atoms with Crippen LogP contribution in [0.15, 0.2) is 25.3 Å². The second kappa shape index (κ2) is 5.63. The van der Waals surface area contributed by atoms with Gasteiger partial charge in [-0.1, -0.05) is 23.9 Å². The minimum absolute atomic E-state index is 0.157. The fourth-order valence-corrected chi connectivity index (χ4v) is 0.868. The molecule has 9 heavy (non-hydrogen) atoms. The number of carbonyl (C=O) groups excluding carboxylic acids is 1. The van der Waals surface area contributed by atoms with Crippen molar-refractivity contribution in [3.8, 4) is 0 Å². The van der Waals surface area contributed by atoms with Crippen LogP contribution in [-0.4, -0.2) is 10.9 Å². The maximum absolute atomic E-state index is 10.6. The third kappa shape index (κ3) is 5.37. The molecule has 0 spiro atoms. The number of hydrogen-bond acceptors (Lipinski definition) is 2. The standard InChI is InChI=1S/C7H10OS/c1-3-5-7(8)9-6-4-2/h3-4H,1-2,5-6H2. The summed E-state index contributed by atoms with van der Waals surface area (Å²) in [4.78, 5) is 10.6. The average Bonchev–Trinajstić information content (AvgIpc) is 1.85. The van der Waals surface area contributed by atoms with E-state index in [0.29, 0.717) is 12.2 Å². The Balaban J connectivity index is 3.26. The van der Waals surface area contributed by atoms with Crippen molar-refractivity contribution in [3.63, 3.8) is 0 Å². The van der Waals surface area contributed by atoms with Crippen molar-refractivity contribution in [3.05, 3.63) is 25.3 Å². The van der Waals surface area contributed by atoms with E-state index in [0.717, 1.165) is 0 Å². The molecule has 0 fully saturated rings. The van der Waals surface area contributed by atoms with E-state index in [9.17, 15) is 4.79 Å². The zero-order valence-electron chi connectivity index (χ0n) is 5.30. The van der Waals surface area contributed by atoms with Gasteiger partial charge in [-0.15, -0.1) is 13.2 Å². The molecular formula is C7H10OS. The van der Waals surface area contributed by atoms with Crippen molar-refractivity contribution in [2.45, 2.75) is 6.42 Å². The maximum Gasteiger partial charge on any atom is 0.192 e. The number of rotatable bonds is 4. The van der Waals surface area contributed by atoms with Crippen LogP contribution in [0, 0.1) is 0 Å². The number of thioether (sulfide) groups is 1. The van der Waals surface area contributed by atoms with Crippen molar-refractivity contribution < 1.29 is 4.79 Å². The van der Waals surface area contributed by atoms with E-state index in [4.69, 9.17) is 0 Å². The summed E-state index contributed by atoms with van der Waals surface area (Å²) < 4.78 is 0. The van der Waals surface area contributed by atoms with E-state index >= 15 is 0 Å². The van der Waals surface area contributed by atoms with Gasteiger partial charge in [0.25, 0.3) is 0 Å². The summed E-state index contributed by atoms with van der Waals surface area (Å²) in [6.07, 6.45) is 3.78. The number of allylic oxidation sites excluding steroid dienone is 1. The van der Waals surface area contributed by atoms with E-state index < -0.39 is 0 Å². The molecule has 0 aromatic heterocycles. The van der Waals surface area contributed by atoms with Crippen LogP contribution in [0.3, 0.4) is 0 Å². The predicted octanol–water partition coefficient (Wildman–Crippen LogP) is 2.01. The summed E-state index contributed by atoms with van der Waals surface area (Å²) in [7, 11) is 0. The second-order valence-corrected chi connectivity index (χ2v) is 2.54. The van der Waals surface area contributed by atoms with Crippen LogP contribution in [0.1, 0.15) is 6.42 Å². The van der Waals surface area contributed by atoms with Crippen LogP contribution in [0.2, 0.25) is 0 Å². The molecule has 0 aliphatic rings. The summed E-state index contributed by atoms with van der Waals surface area (Å²) in [6.45, 7) is 6.94. The molecule has 0 rings (SSSR count). The third-order valence-corrected chi connectivity index (χ3v) is 1.56. The van der Waals surface area contributed by atoms with Crippen molar-refractivity contribution in [2.75, 3.05) is 5.75 Å². The molecule has 2 heteroatoms. The number of carbonyl (C=O) groups is 1. The molecule has 0 N–H and O–H groups in total. The largest absolute Gasteiger partial charge is 0.287 e. The van der Waals surface area contributed by atoms with Gasteiger partial charge in [-0.2, -0.15) is 0 Å². The van der Waals surface area contributed by atoms with Crippen molar-refractivity contribution in [2.24, 2.45) is 0 Å². The highest BCUT2D eigenvalue weighted by atomic mass is 32.2. The quantitative estimate of drug-likeness (QED) is 0.558. The fourth-order valence-electron chi connectivity index (χ4n) is 0.329. The Bertz CT molecular complexity index is 118. The summed E-state index contributed by atoms with van der Waals surface area (Å²) in [6, 6.07) is 0. The topological polar surface area (TPSA) is 17.1 Å². The van der Waals surface area contributed by atoms with Gasteiger partial charge >= 0.3 is 0 Å². The van der Waals surface area contributed by atoms with Gasteiger partial charge in [-0.25, -0.2) is 0 Å². The first-order chi connectivity index (χ1) is 4.31. The van der Waals surface area contributed by atoms with Gasteiger partial charge < -0.3 is 0 Å². The Morgan fingerprint density at radius 2 is 2.11 bits per heavy atom. The first-order valence-electron chi connectivity index (χ1n) is 2.68. The number of hydrogen-bond donors (Lipinski definition) is 0. The van der Waals surface area contributed by atoms with E-state index in [2.05, 4.69) is 13.2 Å². The predicted molar refractivity (Wildman–Crippen MR) is 42.5 cm³/mol. The molecule has 0 aliphatic heterocycles. The maximum atomic E-state index is 10.6. The van der Waals surface area contributed by atoms with E-state index in [-0.39, 0.29) is 5.12 Å². The Labute approximate surface area is 59.8 Å². The van der Waals surface area contributed by atoms with Crippen molar-refractivity contribution in [1.82, 2.24) is 0 Å². The molecule has 0 saturated heterocycles. The monoisotopic (exact) mass is 142 g/mol. The van der Waals surface area contributed by atoms with Crippen LogP contribution >= 0.6 is 11.8 Å². The first-order valence-corrected chi connectivity index (χ1v) is 3.67. The Morgan fingerprint density at radius 3 is 2.56 bits per heavy atom. The molecule has 0 saturated carbocycles. The van der Waals surface area contributed by atoms with Gasteiger partial charge in [-0.05, 0) is 0 Å². The fraction of sp³-hybridized carbons (Fsp3) is 0.286. The van der Waals surface area contributed by atoms with Gasteiger partial charge in [-0.3, -0.25) is 4.79 Å². The van der Waals surface area contributed by atoms with E-state index in [1.54, 1.807) is 12.2 Å². The van der Waals surface area contributed by atoms with Crippen molar-refractivity contribution >= 4 is 16.9 Å². The average molecular weight is 142 g/mol. The SMILES string of the molecule is C=CCSC(=O)CC=C. The first kappa shape index (κ1) is 8.50. The van der Waals surface area contributed by atoms with Crippen LogP contribution in [0.5, 0.6) is 0 Å². The van der Waals surface area contributed by atoms with Crippen molar-refractivity contribution in [1.29, 1.82) is 0 Å². The lowest BCUT2D eigenvalue weighted by Gasteiger charge is -1.89. The molecule has 0 aromatic carbocycles. The zero-order chi connectivity index (χ0) is 7.11. The third-order valence-electron chi connectivity index (χ3n) is 0.673. The van der Waals surface area contributed by atoms with E-state index in [1.165, 1.54) is 11.8 Å². The van der Waals surface area contributed by atoms with Crippen LogP contribution in [0.4, 0.5) is 0 Å². The van der Waals surface area contributed by atoms with E-state index in [1.807, 2.05) is 0 Å². The highest BCUT2D eigenvalue weighted by Gasteiger charge is 1.94. The Morgan fingerprint density at radius 1 is 1.44 bits per heavy atom. The normalized spacial score (nSPS) is 8.44. The van der Waals surface area contributed by atoms with Gasteiger partial charge in [0, 0.05) is 12.2 Å². The molecule has 0 aromatic rings. The molecule has 0 radical (unpaired) electrons. The Kier molecular flexibility index (Phi) is 5.32. The minimum Gasteiger partial charge on any atom is -0.287 e. The zero-order valence-corrected chi connectivity index (χ0v) is 6.12. The van der Waals surface area contributed by atoms with Crippen LogP contribution in [0.25, 0.3) is 0 Å². The minimum atomic E-state index is 0.157. The molecular weight excluding hydrogens is 132 g/mol. The highest BCUT2D eigenvalue weighted by molar-refractivity contribution is 8.13. The summed E-state index contributed by atoms with van der Waals surface area (Å²) in [5.41, 5.74) is 0. The lowest BCUT2D eigenvalue weighted by atomic mass is 10.5. The van der Waals surface area contributed by atoms with Gasteiger partial charge in [0.15, 0.2) is 5.12 Å². The molecule has 0 heterocycles. The molecule has 0 atom stereocenters. The summed E-state index contributed by atoms with van der Waals surface area (Å²) in [5, 5.41) is 0.157. The molecule has 1 nitrogen and oxygen atoms in total. The van der Waals surface area contributed by atoms with Crippen LogP contribution < -0.4 is 0 Å².